The second kappa shape index (κ2) is 32.8. The Kier molecular flexibility index (Phi) is 25.6. The number of aliphatic hydroxyl groups excluding tert-OH is 19. The summed E-state index contributed by atoms with van der Waals surface area (Å²) in [7, 11) is 0. The molecule has 7 heterocycles. The first-order chi connectivity index (χ1) is 51.7. The molecule has 39 heteroatoms. The van der Waals surface area contributed by atoms with Crippen LogP contribution in [-0.4, -0.2) is 375 Å². The minimum atomic E-state index is -2.25. The molecule has 12 rings (SSSR count). The molecule has 0 spiro atoms. The lowest BCUT2D eigenvalue weighted by Crippen LogP contribution is -2.70. The van der Waals surface area contributed by atoms with Crippen LogP contribution in [-0.2, 0) is 85.5 Å². The van der Waals surface area contributed by atoms with Crippen LogP contribution in [0.3, 0.4) is 0 Å². The summed E-state index contributed by atoms with van der Waals surface area (Å²) < 4.78 is 83.3. The highest BCUT2D eigenvalue weighted by Gasteiger charge is 2.73. The third-order valence-electron chi connectivity index (χ3n) is 27.0. The summed E-state index contributed by atoms with van der Waals surface area (Å²) in [6.07, 6.45) is -54.7. The van der Waals surface area contributed by atoms with Gasteiger partial charge in [0.15, 0.2) is 49.9 Å². The van der Waals surface area contributed by atoms with E-state index >= 15 is 4.79 Å². The molecule has 1 amide bonds. The number of aliphatic carboxylic acids is 1. The van der Waals surface area contributed by atoms with E-state index in [0.717, 1.165) is 11.9 Å². The molecule has 0 bridgehead atoms. The fourth-order valence-electron chi connectivity index (χ4n) is 20.4. The van der Waals surface area contributed by atoms with Gasteiger partial charge in [0, 0.05) is 0 Å². The minimum Gasteiger partial charge on any atom is -0.479 e. The van der Waals surface area contributed by atoms with Crippen LogP contribution in [0.25, 0.3) is 0 Å². The summed E-state index contributed by atoms with van der Waals surface area (Å²) in [5.41, 5.74) is -5.33. The SMILES string of the molecule is CC1O[C@@H](OC2C(O)[C@@H](NC(=O)CO[C@@H]3O[C@H](CO)C(O)C3O)C(CO)O[C@H]2OC(=O)[C@]23CCC(C)(C)CC2C2=CCC4C5(C)CC[C@H](O[C@@H]6OC(C(=O)O)[C@H](O)[C@H](O[C@@H]7OC[C@H](O)[C@H](O)C7O)C6O[C@@H]6OC(CO)[C@H](O)[C@H](O)C6O)[C@](C)(C=O)[C@@H]5CC[C@]4(C)[C@]2(C)CC3O)C(O)C(O)[C@H]1O[C@@H]1OC[C@H](O)C(O)C1O. The number of esters is 1. The van der Waals surface area contributed by atoms with Gasteiger partial charge in [-0.25, -0.2) is 4.79 Å². The van der Waals surface area contributed by atoms with Gasteiger partial charge in [-0.15, -0.1) is 0 Å². The van der Waals surface area contributed by atoms with Crippen molar-refractivity contribution in [3.63, 3.8) is 0 Å². The van der Waals surface area contributed by atoms with Crippen LogP contribution in [0.1, 0.15) is 106 Å². The van der Waals surface area contributed by atoms with Gasteiger partial charge in [-0.2, -0.15) is 0 Å². The van der Waals surface area contributed by atoms with Crippen LogP contribution < -0.4 is 5.32 Å². The standard InChI is InChI=1S/C71H111NO38/c1-25-52(105-59-46(88)39(81)28(77)21-97-59)45(87)50(92)61(100-25)108-55-43(85)38(72-37(80)23-99-58-48(90)42(84)32(20-75)102-58)30(18-73)101-63(55)110-65(96)71-15-14-66(2,3)16-27(71)26-8-9-34-67(4)12-11-36(68(5,24-76)33(67)10-13-69(34,6)70(26,7)17-35(71)79)104-64-56(109-62-49(91)44(86)41(83)31(19-74)103-62)53(51(93)54(107-64)57(94)95)106-60-47(89)40(82)29(78)22-98-60/h8,24-25,27-36,38-56,58-64,73-75,77-79,81-93H,9-23H2,1-7H3,(H,72,80)(H,94,95)/t25?,27?,28-,29-,30?,31?,32+,33+,34?,35?,36-,38-,39?,40-,41-,42?,43?,44-,45?,46?,47?,48?,49?,50?,51+,52-,53-,54?,55?,56?,58+,59-,60-,61-,62-,63-,64+,67?,68+,69-,70+,71+/m0/s1. The Labute approximate surface area is 631 Å². The predicted octanol–water partition coefficient (Wildman–Crippen LogP) is -8.26. The van der Waals surface area contributed by atoms with E-state index in [-0.39, 0.29) is 25.2 Å². The maximum atomic E-state index is 16.0. The number of amides is 1. The number of carbonyl (C=O) groups excluding carboxylic acids is 3. The molecule has 7 aliphatic heterocycles. The number of rotatable bonds is 21. The number of ether oxygens (including phenoxy) is 14. The van der Waals surface area contributed by atoms with Gasteiger partial charge in [0.2, 0.25) is 12.2 Å². The fraction of sp³-hybridized carbons (Fsp3) is 0.915. The molecule has 628 valence electrons. The summed E-state index contributed by atoms with van der Waals surface area (Å²) in [6, 6.07) is -1.70. The lowest BCUT2D eigenvalue weighted by atomic mass is 9.33. The van der Waals surface area contributed by atoms with Crippen LogP contribution >= 0.6 is 0 Å². The normalized spacial score (nSPS) is 52.9. The summed E-state index contributed by atoms with van der Waals surface area (Å²) in [6.45, 7) is 8.74. The minimum absolute atomic E-state index is 0.0299. The van der Waals surface area contributed by atoms with Crippen LogP contribution in [0.2, 0.25) is 0 Å². The first kappa shape index (κ1) is 85.9. The van der Waals surface area contributed by atoms with E-state index in [1.54, 1.807) is 6.92 Å². The Bertz CT molecular complexity index is 3250. The zero-order valence-corrected chi connectivity index (χ0v) is 61.9. The van der Waals surface area contributed by atoms with Crippen molar-refractivity contribution in [2.45, 2.75) is 315 Å². The molecule has 11 fully saturated rings. The zero-order valence-electron chi connectivity index (χ0n) is 61.9. The van der Waals surface area contributed by atoms with Crippen molar-refractivity contribution >= 4 is 24.1 Å². The summed E-state index contributed by atoms with van der Waals surface area (Å²) in [5, 5.41) is 222. The second-order valence-electron chi connectivity index (χ2n) is 33.9. The molecular weight excluding hydrogens is 1470 g/mol. The lowest BCUT2D eigenvalue weighted by molar-refractivity contribution is -0.391. The van der Waals surface area contributed by atoms with Crippen LogP contribution in [0.15, 0.2) is 11.6 Å². The molecule has 7 saturated heterocycles. The third kappa shape index (κ3) is 15.0. The Hall–Kier alpha value is -3.46. The quantitative estimate of drug-likeness (QED) is 0.0220. The topological polar surface area (TPSA) is 614 Å². The van der Waals surface area contributed by atoms with Crippen LogP contribution in [0.4, 0.5) is 0 Å². The van der Waals surface area contributed by atoms with Crippen LogP contribution in [0.5, 0.6) is 0 Å². The highest BCUT2D eigenvalue weighted by molar-refractivity contribution is 5.80. The van der Waals surface area contributed by atoms with Gasteiger partial charge in [0.25, 0.3) is 0 Å². The smallest absolute Gasteiger partial charge is 0.335 e. The molecule has 5 aliphatic carbocycles. The van der Waals surface area contributed by atoms with Gasteiger partial charge in [0.05, 0.1) is 62.8 Å². The summed E-state index contributed by atoms with van der Waals surface area (Å²) in [4.78, 5) is 57.1. The van der Waals surface area contributed by atoms with E-state index in [1.165, 1.54) is 6.92 Å². The second-order valence-corrected chi connectivity index (χ2v) is 33.9. The van der Waals surface area contributed by atoms with Crippen molar-refractivity contribution < 1.29 is 188 Å². The maximum Gasteiger partial charge on any atom is 0.335 e. The maximum absolute atomic E-state index is 16.0. The molecule has 19 unspecified atom stereocenters. The summed E-state index contributed by atoms with van der Waals surface area (Å²) >= 11 is 0. The Balaban J connectivity index is 0.822. The van der Waals surface area contributed by atoms with Crippen molar-refractivity contribution in [1.82, 2.24) is 5.32 Å². The average molecular weight is 1590 g/mol. The molecule has 42 atom stereocenters. The first-order valence-corrected chi connectivity index (χ1v) is 37.7. The van der Waals surface area contributed by atoms with Gasteiger partial charge in [0.1, 0.15) is 146 Å². The Morgan fingerprint density at radius 2 is 1.07 bits per heavy atom. The van der Waals surface area contributed by atoms with Crippen molar-refractivity contribution in [3.8, 4) is 0 Å². The number of aliphatic hydroxyl groups is 19. The molecule has 110 heavy (non-hydrogen) atoms. The molecular formula is C71H111NO38. The van der Waals surface area contributed by atoms with E-state index in [9.17, 15) is 117 Å². The number of hydrogen-bond donors (Lipinski definition) is 21. The Morgan fingerprint density at radius 1 is 0.527 bits per heavy atom. The highest BCUT2D eigenvalue weighted by Crippen LogP contribution is 2.76. The Morgan fingerprint density at radius 3 is 1.68 bits per heavy atom. The lowest BCUT2D eigenvalue weighted by Gasteiger charge is -2.71. The highest BCUT2D eigenvalue weighted by atomic mass is 16.8. The van der Waals surface area contributed by atoms with Crippen molar-refractivity contribution in [2.75, 3.05) is 39.6 Å². The molecule has 0 aromatic rings. The van der Waals surface area contributed by atoms with E-state index in [2.05, 4.69) is 32.2 Å². The number of aldehydes is 1. The van der Waals surface area contributed by atoms with E-state index in [4.69, 9.17) is 66.3 Å². The predicted molar refractivity (Wildman–Crippen MR) is 357 cm³/mol. The van der Waals surface area contributed by atoms with E-state index in [0.29, 0.717) is 38.5 Å². The molecule has 0 aromatic carbocycles. The fourth-order valence-corrected chi connectivity index (χ4v) is 20.4. The number of carboxylic acids is 1. The van der Waals surface area contributed by atoms with Gasteiger partial charge < -0.3 is 179 Å². The average Bonchev–Trinajstić information content (AvgIpc) is 0.707. The van der Waals surface area contributed by atoms with Gasteiger partial charge in [-0.3, -0.25) is 9.59 Å². The number of allylic oxidation sites excluding steroid dienone is 2. The number of nitrogens with one attached hydrogen (secondary N) is 1. The van der Waals surface area contributed by atoms with Crippen LogP contribution in [0, 0.1) is 50.2 Å². The van der Waals surface area contributed by atoms with Gasteiger partial charge in [-0.05, 0) is 104 Å². The third-order valence-corrected chi connectivity index (χ3v) is 27.0. The number of carbonyl (C=O) groups is 4. The monoisotopic (exact) mass is 1590 g/mol. The molecule has 39 nitrogen and oxygen atoms in total. The number of hydrogen-bond acceptors (Lipinski definition) is 37. The molecule has 12 aliphatic rings. The van der Waals surface area contributed by atoms with Crippen molar-refractivity contribution in [3.05, 3.63) is 11.6 Å². The van der Waals surface area contributed by atoms with Gasteiger partial charge >= 0.3 is 11.9 Å². The van der Waals surface area contributed by atoms with Crippen molar-refractivity contribution in [1.29, 1.82) is 0 Å². The zero-order chi connectivity index (χ0) is 80.3. The first-order valence-electron chi connectivity index (χ1n) is 37.7. The van der Waals surface area contributed by atoms with E-state index < -0.39 is 311 Å². The number of carboxylic acid groups (broad SMARTS) is 1. The molecule has 21 N–H and O–H groups in total. The van der Waals surface area contributed by atoms with E-state index in [1.807, 2.05) is 13.8 Å². The van der Waals surface area contributed by atoms with Crippen molar-refractivity contribution in [2.24, 2.45) is 50.2 Å². The molecule has 0 radical (unpaired) electrons. The molecule has 0 aromatic heterocycles. The summed E-state index contributed by atoms with van der Waals surface area (Å²) in [5.74, 6) is -5.42. The molecule has 4 saturated carbocycles. The largest absolute Gasteiger partial charge is 0.479 e. The number of fused-ring (bicyclic) bond motifs is 7. The van der Waals surface area contributed by atoms with Gasteiger partial charge in [-0.1, -0.05) is 53.2 Å².